The molecule has 4 N–H and O–H groups in total. The Bertz CT molecular complexity index is 1300. The Morgan fingerprint density at radius 1 is 1.10 bits per heavy atom. The van der Waals surface area contributed by atoms with Crippen LogP contribution < -0.4 is 5.43 Å². The Hall–Kier alpha value is -1.97. The lowest BCUT2D eigenvalue weighted by Crippen LogP contribution is -2.68. The number of aliphatic hydroxyl groups excluding tert-OH is 1. The van der Waals surface area contributed by atoms with Crippen molar-refractivity contribution in [1.29, 1.82) is 0 Å². The van der Waals surface area contributed by atoms with E-state index in [1.54, 1.807) is 18.4 Å². The molecule has 8 nitrogen and oxygen atoms in total. The van der Waals surface area contributed by atoms with E-state index in [1.807, 2.05) is 0 Å². The summed E-state index contributed by atoms with van der Waals surface area (Å²) in [4.78, 5) is 24.7. The van der Waals surface area contributed by atoms with Gasteiger partial charge in [0.2, 0.25) is 0 Å². The second-order valence-electron chi connectivity index (χ2n) is 12.8. The molecule has 1 heterocycles. The fraction of sp³-hybridized carbons (Fsp3) is 0.633. The summed E-state index contributed by atoms with van der Waals surface area (Å²) < 4.78 is 5.22. The number of hydrogen-bond donors (Lipinski definition) is 4. The van der Waals surface area contributed by atoms with Crippen molar-refractivity contribution in [3.63, 3.8) is 0 Å². The van der Waals surface area contributed by atoms with Gasteiger partial charge in [-0.15, -0.1) is 0 Å². The molecular formula is C30H36Cl2N2O6. The third-order valence-electron chi connectivity index (χ3n) is 11.3. The number of nitrogens with one attached hydrogen (secondary N) is 1. The molecule has 1 aliphatic heterocycles. The molecule has 6 rings (SSSR count). The van der Waals surface area contributed by atoms with Gasteiger partial charge in [0.05, 0.1) is 27.9 Å². The Kier molecular flexibility index (Phi) is 6.90. The maximum atomic E-state index is 12.9. The van der Waals surface area contributed by atoms with Gasteiger partial charge in [0.15, 0.2) is 0 Å². The molecule has 5 aliphatic rings. The summed E-state index contributed by atoms with van der Waals surface area (Å²) in [6.07, 6.45) is 7.80. The van der Waals surface area contributed by atoms with Gasteiger partial charge in [-0.05, 0) is 92.9 Å². The number of nitrogens with zero attached hydrogens (tertiary/aromatic N) is 1. The molecule has 4 fully saturated rings. The maximum absolute atomic E-state index is 12.9. The van der Waals surface area contributed by atoms with Crippen molar-refractivity contribution in [2.75, 3.05) is 6.61 Å². The van der Waals surface area contributed by atoms with Gasteiger partial charge in [-0.2, -0.15) is 5.10 Å². The number of carbonyl (C=O) groups excluding carboxylic acids is 2. The molecule has 0 aromatic heterocycles. The van der Waals surface area contributed by atoms with Crippen molar-refractivity contribution in [3.8, 4) is 0 Å². The predicted octanol–water partition coefficient (Wildman–Crippen LogP) is 4.42. The van der Waals surface area contributed by atoms with Crippen LogP contribution >= 0.6 is 23.2 Å². The normalized spacial score (nSPS) is 42.5. The van der Waals surface area contributed by atoms with Gasteiger partial charge in [0.1, 0.15) is 6.61 Å². The number of hydrogen-bond acceptors (Lipinski definition) is 7. The molecule has 216 valence electrons. The highest BCUT2D eigenvalue weighted by molar-refractivity contribution is 6.36. The smallest absolute Gasteiger partial charge is 0.331 e. The second kappa shape index (κ2) is 9.80. The van der Waals surface area contributed by atoms with Crippen LogP contribution in [0.1, 0.15) is 75.1 Å². The van der Waals surface area contributed by atoms with E-state index in [0.29, 0.717) is 37.1 Å². The summed E-state index contributed by atoms with van der Waals surface area (Å²) in [7, 11) is 0. The lowest BCUT2D eigenvalue weighted by Gasteiger charge is -2.65. The summed E-state index contributed by atoms with van der Waals surface area (Å²) in [6, 6.07) is 4.60. The van der Waals surface area contributed by atoms with Crippen molar-refractivity contribution in [2.45, 2.75) is 82.0 Å². The van der Waals surface area contributed by atoms with Crippen LogP contribution in [0, 0.1) is 28.6 Å². The first-order valence-corrected chi connectivity index (χ1v) is 15.0. The zero-order valence-electron chi connectivity index (χ0n) is 22.5. The summed E-state index contributed by atoms with van der Waals surface area (Å²) in [6.45, 7) is 2.43. The number of aliphatic hydroxyl groups is 3. The van der Waals surface area contributed by atoms with Crippen LogP contribution in [0.4, 0.5) is 0 Å². The van der Waals surface area contributed by atoms with Gasteiger partial charge in [-0.25, -0.2) is 10.2 Å². The lowest BCUT2D eigenvalue weighted by molar-refractivity contribution is -0.237. The van der Waals surface area contributed by atoms with Crippen LogP contribution in [0.5, 0.6) is 0 Å². The van der Waals surface area contributed by atoms with Crippen molar-refractivity contribution < 1.29 is 29.6 Å². The number of rotatable bonds is 4. The van der Waals surface area contributed by atoms with Crippen molar-refractivity contribution in [1.82, 2.24) is 5.43 Å². The standard InChI is InChI=1S/C30H36Cl2N2O6/c1-27-8-5-22-23(30(27,39)11-7-21(27)17-12-25(36)40-15-17)6-10-29(38)14-19(35)4-9-28(22,29)16-33-34-26(37)20-3-2-18(31)13-24(20)32/h2-3,12-13,16,19,21-23,35,38-39H,4-11,14-15H2,1H3,(H,34,37)/b33-16-/t19-,21+,22+,23-,27-,28+,29+,30-/m1/s1. The van der Waals surface area contributed by atoms with Gasteiger partial charge in [0, 0.05) is 34.6 Å². The van der Waals surface area contributed by atoms with E-state index < -0.39 is 34.0 Å². The Balaban J connectivity index is 1.32. The van der Waals surface area contributed by atoms with E-state index in [0.717, 1.165) is 24.8 Å². The fourth-order valence-electron chi connectivity index (χ4n) is 9.30. The highest BCUT2D eigenvalue weighted by atomic mass is 35.5. The number of carbonyl (C=O) groups is 2. The van der Waals surface area contributed by atoms with Gasteiger partial charge in [-0.3, -0.25) is 4.79 Å². The van der Waals surface area contributed by atoms with E-state index in [9.17, 15) is 24.9 Å². The van der Waals surface area contributed by atoms with Crippen LogP contribution in [-0.4, -0.2) is 57.3 Å². The number of halogens is 2. The molecule has 40 heavy (non-hydrogen) atoms. The predicted molar refractivity (Wildman–Crippen MR) is 150 cm³/mol. The molecule has 0 bridgehead atoms. The van der Waals surface area contributed by atoms with Gasteiger partial charge < -0.3 is 20.1 Å². The van der Waals surface area contributed by atoms with Gasteiger partial charge >= 0.3 is 5.97 Å². The summed E-state index contributed by atoms with van der Waals surface area (Å²) in [5, 5.41) is 40.2. The molecule has 4 aliphatic carbocycles. The number of fused-ring (bicyclic) bond motifs is 5. The largest absolute Gasteiger partial charge is 0.458 e. The lowest BCUT2D eigenvalue weighted by atomic mass is 9.41. The minimum atomic E-state index is -1.21. The Morgan fingerprint density at radius 3 is 2.60 bits per heavy atom. The quantitative estimate of drug-likeness (QED) is 0.233. The van der Waals surface area contributed by atoms with Gasteiger partial charge in [-0.1, -0.05) is 30.1 Å². The Morgan fingerprint density at radius 2 is 1.88 bits per heavy atom. The van der Waals surface area contributed by atoms with E-state index in [2.05, 4.69) is 17.5 Å². The first kappa shape index (κ1) is 28.2. The van der Waals surface area contributed by atoms with Crippen LogP contribution in [-0.2, 0) is 9.53 Å². The summed E-state index contributed by atoms with van der Waals surface area (Å²) >= 11 is 12.2. The minimum Gasteiger partial charge on any atom is -0.458 e. The monoisotopic (exact) mass is 590 g/mol. The van der Waals surface area contributed by atoms with Crippen LogP contribution in [0.2, 0.25) is 10.0 Å². The zero-order chi connectivity index (χ0) is 28.5. The Labute approximate surface area is 243 Å². The highest BCUT2D eigenvalue weighted by Crippen LogP contribution is 2.70. The van der Waals surface area contributed by atoms with Crippen molar-refractivity contribution >= 4 is 41.3 Å². The number of esters is 1. The maximum Gasteiger partial charge on any atom is 0.331 e. The number of amides is 1. The van der Waals surface area contributed by atoms with Gasteiger partial charge in [0.25, 0.3) is 5.91 Å². The average molecular weight is 592 g/mol. The van der Waals surface area contributed by atoms with Crippen molar-refractivity contribution in [3.05, 3.63) is 45.5 Å². The van der Waals surface area contributed by atoms with E-state index in [1.165, 1.54) is 12.1 Å². The van der Waals surface area contributed by atoms with E-state index in [4.69, 9.17) is 27.9 Å². The number of benzene rings is 1. The SMILES string of the molecule is C[C@]12CC[C@H]3[C@@H](CC[C@]4(O)C[C@H](O)CC[C@]34/C=N\NC(=O)c3ccc(Cl)cc3Cl)[C@]1(O)CC[C@H]2C1=CC(=O)OC1. The molecule has 0 radical (unpaired) electrons. The third kappa shape index (κ3) is 4.09. The molecule has 10 heteroatoms. The molecule has 0 saturated heterocycles. The molecule has 1 aromatic carbocycles. The molecular weight excluding hydrogens is 555 g/mol. The summed E-state index contributed by atoms with van der Waals surface area (Å²) in [5.74, 6) is -0.935. The van der Waals surface area contributed by atoms with Crippen LogP contribution in [0.25, 0.3) is 0 Å². The second-order valence-corrected chi connectivity index (χ2v) is 13.7. The molecule has 0 unspecified atom stereocenters. The molecule has 0 spiro atoms. The number of hydrazone groups is 1. The first-order valence-electron chi connectivity index (χ1n) is 14.2. The molecule has 4 saturated carbocycles. The molecule has 1 aromatic rings. The minimum absolute atomic E-state index is 0.0620. The van der Waals surface area contributed by atoms with Crippen LogP contribution in [0.15, 0.2) is 34.9 Å². The number of ether oxygens (including phenoxy) is 1. The van der Waals surface area contributed by atoms with Crippen LogP contribution in [0.3, 0.4) is 0 Å². The summed E-state index contributed by atoms with van der Waals surface area (Å²) in [5.41, 5.74) is 0.345. The fourth-order valence-corrected chi connectivity index (χ4v) is 9.79. The molecule has 8 atom stereocenters. The highest BCUT2D eigenvalue weighted by Gasteiger charge is 2.71. The van der Waals surface area contributed by atoms with Crippen molar-refractivity contribution in [2.24, 2.45) is 33.7 Å². The third-order valence-corrected chi connectivity index (χ3v) is 11.8. The average Bonchev–Trinajstić information content (AvgIpc) is 3.43. The van der Waals surface area contributed by atoms with E-state index >= 15 is 0 Å². The topological polar surface area (TPSA) is 128 Å². The first-order chi connectivity index (χ1) is 18.9. The number of cyclic esters (lactones) is 1. The van der Waals surface area contributed by atoms with E-state index in [-0.39, 0.29) is 47.3 Å². The molecule has 1 amide bonds. The zero-order valence-corrected chi connectivity index (χ0v) is 24.0.